The number of aliphatic hydroxyl groups is 1. The number of hydrogen-bond acceptors (Lipinski definition) is 4. The average molecular weight is 423 g/mol. The summed E-state index contributed by atoms with van der Waals surface area (Å²) in [6, 6.07) is -0.526. The molecule has 0 heterocycles. The zero-order valence-corrected chi connectivity index (χ0v) is 19.2. The first-order valence-corrected chi connectivity index (χ1v) is 12.6. The van der Waals surface area contributed by atoms with Crippen molar-refractivity contribution in [1.82, 2.24) is 0 Å². The summed E-state index contributed by atoms with van der Waals surface area (Å²) in [5.41, 5.74) is 3.81. The van der Waals surface area contributed by atoms with Crippen LogP contribution in [0.15, 0.2) is 12.2 Å². The summed E-state index contributed by atoms with van der Waals surface area (Å²) >= 11 is 0. The van der Waals surface area contributed by atoms with Crippen molar-refractivity contribution in [1.29, 1.82) is 0 Å². The molecule has 6 nitrogen and oxygen atoms in total. The number of phosphoric acid groups is 1. The van der Waals surface area contributed by atoms with E-state index < -0.39 is 20.0 Å². The van der Waals surface area contributed by atoms with Gasteiger partial charge in [0.25, 0.3) is 0 Å². The third-order valence-corrected chi connectivity index (χ3v) is 5.78. The van der Waals surface area contributed by atoms with Crippen molar-refractivity contribution in [2.45, 2.75) is 104 Å². The first-order valence-electron chi connectivity index (χ1n) is 11.1. The van der Waals surface area contributed by atoms with Crippen LogP contribution >= 0.6 is 7.82 Å². The predicted octanol–water partition coefficient (Wildman–Crippen LogP) is 4.61. The minimum Gasteiger partial charge on any atom is -0.383 e. The van der Waals surface area contributed by atoms with Gasteiger partial charge < -0.3 is 15.7 Å². The maximum atomic E-state index is 11.6. The molecule has 0 aliphatic heterocycles. The molecule has 28 heavy (non-hydrogen) atoms. The number of unbranched alkanes of at least 4 members (excludes halogenated alkanes) is 8. The Labute approximate surface area is 172 Å². The Morgan fingerprint density at radius 1 is 0.929 bits per heavy atom. The fraction of sp³-hybridized carbons (Fsp3) is 0.905. The van der Waals surface area contributed by atoms with Crippen LogP contribution in [0.5, 0.6) is 0 Å². The first kappa shape index (κ1) is 27.8. The molecule has 0 rings (SSSR count). The number of hydrogen-bond donors (Lipinski definition) is 3. The van der Waals surface area contributed by atoms with E-state index in [2.05, 4.69) is 19.6 Å². The Bertz CT molecular complexity index is 433. The molecule has 168 valence electrons. The van der Waals surface area contributed by atoms with Crippen LogP contribution in [0, 0.1) is 5.92 Å². The number of quaternary nitrogens is 1. The second kappa shape index (κ2) is 17.6. The lowest BCUT2D eigenvalue weighted by atomic mass is 10.00. The van der Waals surface area contributed by atoms with Gasteiger partial charge in [-0.3, -0.25) is 9.05 Å². The Balaban J connectivity index is 3.85. The molecular weight excluding hydrogens is 377 g/mol. The Hall–Kier alpha value is -0.230. The largest absolute Gasteiger partial charge is 0.472 e. The molecule has 0 bridgehead atoms. The summed E-state index contributed by atoms with van der Waals surface area (Å²) in [6.07, 6.45) is 16.5. The van der Waals surface area contributed by atoms with Crippen molar-refractivity contribution < 1.29 is 29.3 Å². The molecule has 7 heteroatoms. The fourth-order valence-electron chi connectivity index (χ4n) is 2.87. The molecule has 0 aromatic carbocycles. The van der Waals surface area contributed by atoms with Gasteiger partial charge in [-0.2, -0.15) is 0 Å². The van der Waals surface area contributed by atoms with Crippen molar-refractivity contribution >= 4 is 7.82 Å². The number of allylic oxidation sites excluding steroid dienone is 1. The standard InChI is InChI=1S/C21H44NO5P/c1-4-6-7-8-9-10-11-12-13-14-19(3)15-16-21(23)20(22)18-27-28(24,25)26-17-5-2/h15-16,19-21,23H,4-14,17-18,22H2,1-3H3,(H,24,25)/p+1. The van der Waals surface area contributed by atoms with Crippen molar-refractivity contribution in [3.8, 4) is 0 Å². The van der Waals surface area contributed by atoms with Crippen LogP contribution in [-0.4, -0.2) is 35.4 Å². The number of aliphatic hydroxyl groups excluding tert-OH is 1. The summed E-state index contributed by atoms with van der Waals surface area (Å²) in [5.74, 6) is 0.393. The van der Waals surface area contributed by atoms with Gasteiger partial charge in [-0.25, -0.2) is 4.57 Å². The van der Waals surface area contributed by atoms with Gasteiger partial charge in [-0.15, -0.1) is 0 Å². The average Bonchev–Trinajstić information content (AvgIpc) is 2.67. The molecule has 4 atom stereocenters. The molecule has 0 saturated heterocycles. The molecular formula is C21H45NO5P+. The van der Waals surface area contributed by atoms with E-state index in [-0.39, 0.29) is 13.2 Å². The van der Waals surface area contributed by atoms with E-state index in [1.807, 2.05) is 13.0 Å². The third-order valence-electron chi connectivity index (χ3n) is 4.79. The zero-order chi connectivity index (χ0) is 21.3. The molecule has 0 aliphatic carbocycles. The molecule has 0 aromatic rings. The Morgan fingerprint density at radius 3 is 2.07 bits per heavy atom. The maximum absolute atomic E-state index is 11.6. The molecule has 0 aromatic heterocycles. The van der Waals surface area contributed by atoms with Gasteiger partial charge in [0, 0.05) is 0 Å². The number of phosphoric ester groups is 1. The van der Waals surface area contributed by atoms with E-state index >= 15 is 0 Å². The molecule has 0 radical (unpaired) electrons. The summed E-state index contributed by atoms with van der Waals surface area (Å²) in [6.45, 7) is 6.26. The van der Waals surface area contributed by atoms with E-state index in [1.165, 1.54) is 57.8 Å². The van der Waals surface area contributed by atoms with Crippen LogP contribution in [0.2, 0.25) is 0 Å². The fourth-order valence-corrected chi connectivity index (χ4v) is 3.73. The minimum atomic E-state index is -4.05. The summed E-state index contributed by atoms with van der Waals surface area (Å²) < 4.78 is 21.3. The number of rotatable bonds is 19. The maximum Gasteiger partial charge on any atom is 0.472 e. The van der Waals surface area contributed by atoms with Crippen molar-refractivity contribution in [2.75, 3.05) is 13.2 Å². The lowest BCUT2D eigenvalue weighted by Crippen LogP contribution is -2.68. The zero-order valence-electron chi connectivity index (χ0n) is 18.4. The molecule has 4 unspecified atom stereocenters. The molecule has 0 fully saturated rings. The van der Waals surface area contributed by atoms with E-state index in [0.29, 0.717) is 12.3 Å². The van der Waals surface area contributed by atoms with E-state index in [9.17, 15) is 14.6 Å². The second-order valence-corrected chi connectivity index (χ2v) is 9.28. The van der Waals surface area contributed by atoms with Crippen LogP contribution < -0.4 is 5.73 Å². The molecule has 5 N–H and O–H groups in total. The van der Waals surface area contributed by atoms with Crippen LogP contribution in [0.1, 0.15) is 91.4 Å². The van der Waals surface area contributed by atoms with Crippen LogP contribution in [0.3, 0.4) is 0 Å². The van der Waals surface area contributed by atoms with Crippen LogP contribution in [0.25, 0.3) is 0 Å². The van der Waals surface area contributed by atoms with Crippen LogP contribution in [-0.2, 0) is 13.6 Å². The SMILES string of the molecule is CCCCCCCCCCCC(C)C=CC(O)C([NH3+])COP(=O)(O)OCCC. The topological polar surface area (TPSA) is 104 Å². The molecule has 0 saturated carbocycles. The van der Waals surface area contributed by atoms with Crippen LogP contribution in [0.4, 0.5) is 0 Å². The smallest absolute Gasteiger partial charge is 0.383 e. The van der Waals surface area contributed by atoms with Crippen molar-refractivity contribution in [2.24, 2.45) is 5.92 Å². The summed E-state index contributed by atoms with van der Waals surface area (Å²) in [5, 5.41) is 10.1. The van der Waals surface area contributed by atoms with E-state index in [1.54, 1.807) is 6.08 Å². The third kappa shape index (κ3) is 16.7. The predicted molar refractivity (Wildman–Crippen MR) is 115 cm³/mol. The lowest BCUT2D eigenvalue weighted by molar-refractivity contribution is -0.437. The van der Waals surface area contributed by atoms with Gasteiger partial charge in [0.05, 0.1) is 6.61 Å². The van der Waals surface area contributed by atoms with Gasteiger partial charge in [0.15, 0.2) is 0 Å². The van der Waals surface area contributed by atoms with Gasteiger partial charge in [-0.05, 0) is 18.8 Å². The Morgan fingerprint density at radius 2 is 1.50 bits per heavy atom. The van der Waals surface area contributed by atoms with Crippen molar-refractivity contribution in [3.63, 3.8) is 0 Å². The van der Waals surface area contributed by atoms with E-state index in [0.717, 1.165) is 6.42 Å². The normalized spacial score (nSPS) is 17.5. The van der Waals surface area contributed by atoms with Gasteiger partial charge in [0.1, 0.15) is 18.8 Å². The quantitative estimate of drug-likeness (QED) is 0.160. The first-order chi connectivity index (χ1) is 13.3. The van der Waals surface area contributed by atoms with E-state index in [4.69, 9.17) is 9.05 Å². The molecule has 0 aliphatic rings. The summed E-state index contributed by atoms with van der Waals surface area (Å²) in [7, 11) is -4.05. The minimum absolute atomic E-state index is 0.129. The highest BCUT2D eigenvalue weighted by molar-refractivity contribution is 7.47. The highest BCUT2D eigenvalue weighted by atomic mass is 31.2. The molecule has 0 amide bonds. The van der Waals surface area contributed by atoms with Gasteiger partial charge in [-0.1, -0.05) is 90.7 Å². The summed E-state index contributed by atoms with van der Waals surface area (Å²) in [4.78, 5) is 9.49. The highest BCUT2D eigenvalue weighted by Gasteiger charge is 2.25. The highest BCUT2D eigenvalue weighted by Crippen LogP contribution is 2.43. The lowest BCUT2D eigenvalue weighted by Gasteiger charge is -2.16. The molecule has 0 spiro atoms. The second-order valence-electron chi connectivity index (χ2n) is 7.83. The monoisotopic (exact) mass is 422 g/mol. The van der Waals surface area contributed by atoms with Gasteiger partial charge >= 0.3 is 7.82 Å². The van der Waals surface area contributed by atoms with Crippen molar-refractivity contribution in [3.05, 3.63) is 12.2 Å². The van der Waals surface area contributed by atoms with Gasteiger partial charge in [0.2, 0.25) is 0 Å². The Kier molecular flexibility index (Phi) is 17.5.